The van der Waals surface area contributed by atoms with Crippen LogP contribution in [0.5, 0.6) is 0 Å². The van der Waals surface area contributed by atoms with Crippen molar-refractivity contribution in [1.29, 1.82) is 0 Å². The number of aromatic nitrogens is 2. The van der Waals surface area contributed by atoms with Crippen molar-refractivity contribution in [2.45, 2.75) is 19.9 Å². The van der Waals surface area contributed by atoms with E-state index < -0.39 is 5.97 Å². The van der Waals surface area contributed by atoms with Crippen LogP contribution >= 0.6 is 0 Å². The first-order valence-corrected chi connectivity index (χ1v) is 4.50. The van der Waals surface area contributed by atoms with Gasteiger partial charge in [0.2, 0.25) is 0 Å². The van der Waals surface area contributed by atoms with E-state index in [1.807, 2.05) is 13.8 Å². The smallest absolute Gasteiger partial charge is 0.356 e. The van der Waals surface area contributed by atoms with Gasteiger partial charge in [-0.15, -0.1) is 0 Å². The van der Waals surface area contributed by atoms with Crippen LogP contribution in [0.3, 0.4) is 0 Å². The van der Waals surface area contributed by atoms with Crippen LogP contribution in [0.25, 0.3) is 0 Å². The Morgan fingerprint density at radius 3 is 2.53 bits per heavy atom. The lowest BCUT2D eigenvalue weighted by molar-refractivity contribution is 0.0689. The monoisotopic (exact) mass is 211 g/mol. The molecule has 1 heterocycles. The molecule has 0 aliphatic rings. The van der Waals surface area contributed by atoms with Crippen LogP contribution in [0.2, 0.25) is 0 Å². The molecule has 6 nitrogen and oxygen atoms in total. The second kappa shape index (κ2) is 4.12. The fourth-order valence-corrected chi connectivity index (χ4v) is 1.12. The Morgan fingerprint density at radius 2 is 2.13 bits per heavy atom. The lowest BCUT2D eigenvalue weighted by atomic mass is 10.3. The van der Waals surface area contributed by atoms with Gasteiger partial charge < -0.3 is 10.4 Å². The molecule has 0 saturated carbocycles. The third kappa shape index (κ3) is 2.55. The summed E-state index contributed by atoms with van der Waals surface area (Å²) in [5, 5.41) is 15.0. The van der Waals surface area contributed by atoms with Crippen molar-refractivity contribution in [2.24, 2.45) is 7.05 Å². The highest BCUT2D eigenvalue weighted by atomic mass is 16.4. The largest absolute Gasteiger partial charge is 0.476 e. The number of rotatable bonds is 3. The van der Waals surface area contributed by atoms with E-state index in [-0.39, 0.29) is 23.3 Å². The molecule has 15 heavy (non-hydrogen) atoms. The molecule has 0 fully saturated rings. The number of hydrogen-bond donors (Lipinski definition) is 2. The Bertz CT molecular complexity index is 395. The maximum absolute atomic E-state index is 11.5. The maximum Gasteiger partial charge on any atom is 0.356 e. The number of aryl methyl sites for hydroxylation is 1. The molecule has 0 aliphatic heterocycles. The lowest BCUT2D eigenvalue weighted by Crippen LogP contribution is -2.31. The highest BCUT2D eigenvalue weighted by Crippen LogP contribution is 2.03. The van der Waals surface area contributed by atoms with Crippen LogP contribution in [0.15, 0.2) is 6.07 Å². The number of carbonyl (C=O) groups excluding carboxylic acids is 1. The number of aromatic carboxylic acids is 1. The number of hydrogen-bond acceptors (Lipinski definition) is 3. The first-order valence-electron chi connectivity index (χ1n) is 4.50. The molecular weight excluding hydrogens is 198 g/mol. The molecule has 6 heteroatoms. The van der Waals surface area contributed by atoms with E-state index in [4.69, 9.17) is 5.11 Å². The normalized spacial score (nSPS) is 10.4. The molecule has 1 aromatic rings. The quantitative estimate of drug-likeness (QED) is 0.750. The van der Waals surface area contributed by atoms with E-state index >= 15 is 0 Å². The zero-order valence-electron chi connectivity index (χ0n) is 8.81. The number of carboxylic acid groups (broad SMARTS) is 1. The minimum absolute atomic E-state index is 0.000628. The Labute approximate surface area is 86.9 Å². The highest BCUT2D eigenvalue weighted by molar-refractivity contribution is 5.95. The van der Waals surface area contributed by atoms with Crippen molar-refractivity contribution in [3.63, 3.8) is 0 Å². The van der Waals surface area contributed by atoms with Gasteiger partial charge in [-0.05, 0) is 13.8 Å². The van der Waals surface area contributed by atoms with E-state index in [0.717, 1.165) is 0 Å². The zero-order valence-corrected chi connectivity index (χ0v) is 8.81. The van der Waals surface area contributed by atoms with Gasteiger partial charge in [0, 0.05) is 19.2 Å². The van der Waals surface area contributed by atoms with Crippen LogP contribution < -0.4 is 5.32 Å². The van der Waals surface area contributed by atoms with Crippen LogP contribution in [0.4, 0.5) is 0 Å². The number of carbonyl (C=O) groups is 2. The van der Waals surface area contributed by atoms with Crippen LogP contribution in [-0.2, 0) is 7.05 Å². The van der Waals surface area contributed by atoms with Crippen molar-refractivity contribution in [2.75, 3.05) is 0 Å². The van der Waals surface area contributed by atoms with Crippen molar-refractivity contribution in [3.8, 4) is 0 Å². The van der Waals surface area contributed by atoms with Gasteiger partial charge in [0.25, 0.3) is 5.91 Å². The summed E-state index contributed by atoms with van der Waals surface area (Å²) in [6.45, 7) is 3.65. The molecule has 0 unspecified atom stereocenters. The average Bonchev–Trinajstić information content (AvgIpc) is 2.46. The lowest BCUT2D eigenvalue weighted by Gasteiger charge is -2.07. The topological polar surface area (TPSA) is 84.2 Å². The molecule has 82 valence electrons. The van der Waals surface area contributed by atoms with Gasteiger partial charge in [0.05, 0.1) is 0 Å². The third-order valence-corrected chi connectivity index (χ3v) is 1.75. The van der Waals surface area contributed by atoms with E-state index in [1.165, 1.54) is 17.8 Å². The van der Waals surface area contributed by atoms with Crippen molar-refractivity contribution >= 4 is 11.9 Å². The number of amides is 1. The van der Waals surface area contributed by atoms with Crippen molar-refractivity contribution in [1.82, 2.24) is 15.1 Å². The Kier molecular flexibility index (Phi) is 3.08. The Hall–Kier alpha value is -1.85. The fourth-order valence-electron chi connectivity index (χ4n) is 1.12. The predicted molar refractivity (Wildman–Crippen MR) is 52.8 cm³/mol. The van der Waals surface area contributed by atoms with E-state index in [0.29, 0.717) is 0 Å². The van der Waals surface area contributed by atoms with E-state index in [1.54, 1.807) is 0 Å². The molecule has 0 aliphatic carbocycles. The summed E-state index contributed by atoms with van der Waals surface area (Å²) in [5.41, 5.74) is 0.104. The highest BCUT2D eigenvalue weighted by Gasteiger charge is 2.16. The first kappa shape index (κ1) is 11.2. The van der Waals surface area contributed by atoms with Gasteiger partial charge in [-0.3, -0.25) is 9.48 Å². The molecule has 0 atom stereocenters. The van der Waals surface area contributed by atoms with Crippen LogP contribution in [-0.4, -0.2) is 32.8 Å². The van der Waals surface area contributed by atoms with Gasteiger partial charge in [-0.25, -0.2) is 4.79 Å². The second-order valence-corrected chi connectivity index (χ2v) is 3.47. The molecule has 0 aromatic carbocycles. The molecule has 1 rings (SSSR count). The molecule has 0 bridgehead atoms. The zero-order chi connectivity index (χ0) is 11.6. The fraction of sp³-hybridized carbons (Fsp3) is 0.444. The summed E-state index contributed by atoms with van der Waals surface area (Å²) in [6.07, 6.45) is 0. The Morgan fingerprint density at radius 1 is 1.53 bits per heavy atom. The maximum atomic E-state index is 11.5. The molecule has 0 saturated heterocycles. The molecule has 1 amide bonds. The molecule has 0 radical (unpaired) electrons. The van der Waals surface area contributed by atoms with Crippen LogP contribution in [0.1, 0.15) is 34.8 Å². The minimum atomic E-state index is -1.14. The van der Waals surface area contributed by atoms with Gasteiger partial charge >= 0.3 is 5.97 Å². The predicted octanol–water partition coefficient (Wildman–Crippen LogP) is 0.256. The van der Waals surface area contributed by atoms with E-state index in [2.05, 4.69) is 10.4 Å². The van der Waals surface area contributed by atoms with Gasteiger partial charge in [-0.1, -0.05) is 0 Å². The number of carboxylic acids is 1. The van der Waals surface area contributed by atoms with Crippen molar-refractivity contribution < 1.29 is 14.7 Å². The second-order valence-electron chi connectivity index (χ2n) is 3.47. The SMILES string of the molecule is CC(C)NC(=O)c1cc(C(=O)O)nn1C. The van der Waals surface area contributed by atoms with E-state index in [9.17, 15) is 9.59 Å². The molecule has 2 N–H and O–H groups in total. The summed E-state index contributed by atoms with van der Waals surface area (Å²) in [4.78, 5) is 22.2. The first-order chi connectivity index (χ1) is 6.91. The number of nitrogens with one attached hydrogen (secondary N) is 1. The Balaban J connectivity index is 2.94. The molecule has 1 aromatic heterocycles. The van der Waals surface area contributed by atoms with Crippen molar-refractivity contribution in [3.05, 3.63) is 17.5 Å². The van der Waals surface area contributed by atoms with Gasteiger partial charge in [0.1, 0.15) is 5.69 Å². The minimum Gasteiger partial charge on any atom is -0.476 e. The summed E-state index contributed by atoms with van der Waals surface area (Å²) in [5.74, 6) is -1.47. The third-order valence-electron chi connectivity index (χ3n) is 1.75. The van der Waals surface area contributed by atoms with Crippen LogP contribution in [0, 0.1) is 0 Å². The molecular formula is C9H13N3O3. The summed E-state index contributed by atoms with van der Waals surface area (Å²) in [7, 11) is 1.53. The average molecular weight is 211 g/mol. The standard InChI is InChI=1S/C9H13N3O3/c1-5(2)10-8(13)7-4-6(9(14)15)11-12(7)3/h4-5H,1-3H3,(H,10,13)(H,14,15). The van der Waals surface area contributed by atoms with Gasteiger partial charge in [-0.2, -0.15) is 5.10 Å². The number of nitrogens with zero attached hydrogens (tertiary/aromatic N) is 2. The summed E-state index contributed by atoms with van der Waals surface area (Å²) >= 11 is 0. The summed E-state index contributed by atoms with van der Waals surface area (Å²) in [6, 6.07) is 1.25. The molecule has 0 spiro atoms. The summed E-state index contributed by atoms with van der Waals surface area (Å²) < 4.78 is 1.25. The van der Waals surface area contributed by atoms with Gasteiger partial charge in [0.15, 0.2) is 5.69 Å².